The second-order valence-electron chi connectivity index (χ2n) is 12.9. The lowest BCUT2D eigenvalue weighted by Gasteiger charge is -2.13. The Bertz CT molecular complexity index is 3020. The van der Waals surface area contributed by atoms with E-state index in [1.807, 2.05) is 97.9 Å². The van der Waals surface area contributed by atoms with Crippen LogP contribution in [0.25, 0.3) is 66.6 Å². The highest BCUT2D eigenvalue weighted by Crippen LogP contribution is 2.39. The number of ether oxygens (including phenoxy) is 3. The van der Waals surface area contributed by atoms with Gasteiger partial charge in [-0.15, -0.1) is 0 Å². The number of para-hydroxylation sites is 2. The molecule has 0 saturated heterocycles. The molecule has 0 N–H and O–H groups in total. The van der Waals surface area contributed by atoms with E-state index < -0.39 is 0 Å². The molecule has 5 aromatic heterocycles. The number of aromatic nitrogens is 7. The van der Waals surface area contributed by atoms with E-state index in [4.69, 9.17) is 19.2 Å². The predicted molar refractivity (Wildman–Crippen MR) is 214 cm³/mol. The van der Waals surface area contributed by atoms with Crippen molar-refractivity contribution in [2.45, 2.75) is 6.92 Å². The first-order valence-electron chi connectivity index (χ1n) is 17.9. The molecule has 5 aromatic carbocycles. The van der Waals surface area contributed by atoms with Gasteiger partial charge in [-0.25, -0.2) is 24.9 Å². The largest absolute Gasteiger partial charge is 0.494 e. The number of nitrogens with zero attached hydrogens (tertiary/aromatic N) is 7. The molecular formula is C45H31N7O3. The Balaban J connectivity index is 1.06. The quantitative estimate of drug-likeness (QED) is 0.145. The zero-order valence-corrected chi connectivity index (χ0v) is 29.6. The maximum absolute atomic E-state index is 6.64. The predicted octanol–water partition coefficient (Wildman–Crippen LogP) is 10.5. The molecule has 0 bridgehead atoms. The molecule has 0 unspecified atom stereocenters. The fourth-order valence-electron chi connectivity index (χ4n) is 7.26. The molecule has 5 heterocycles. The van der Waals surface area contributed by atoms with Gasteiger partial charge in [0, 0.05) is 63.8 Å². The lowest BCUT2D eigenvalue weighted by molar-refractivity contribution is 0.340. The summed E-state index contributed by atoms with van der Waals surface area (Å²) in [5, 5.41) is 4.42. The summed E-state index contributed by atoms with van der Waals surface area (Å²) in [6, 6.07) is 44.3. The molecule has 0 aliphatic rings. The lowest BCUT2D eigenvalue weighted by Crippen LogP contribution is -1.99. The highest BCUT2D eigenvalue weighted by molar-refractivity contribution is 6.10. The Morgan fingerprint density at radius 2 is 1.04 bits per heavy atom. The van der Waals surface area contributed by atoms with Crippen molar-refractivity contribution in [2.24, 2.45) is 0 Å². The Hall–Kier alpha value is -7.59. The van der Waals surface area contributed by atoms with Gasteiger partial charge in [0.05, 0.1) is 28.7 Å². The molecule has 0 spiro atoms. The fraction of sp³-hybridized carbons (Fsp3) is 0.0444. The number of hydrogen-bond donors (Lipinski definition) is 0. The van der Waals surface area contributed by atoms with Gasteiger partial charge >= 0.3 is 0 Å². The second kappa shape index (κ2) is 13.4. The Morgan fingerprint density at radius 1 is 0.455 bits per heavy atom. The molecule has 10 nitrogen and oxygen atoms in total. The van der Waals surface area contributed by atoms with Gasteiger partial charge in [0.1, 0.15) is 53.0 Å². The fourth-order valence-corrected chi connectivity index (χ4v) is 7.26. The maximum atomic E-state index is 6.64. The highest BCUT2D eigenvalue weighted by Gasteiger charge is 2.17. The van der Waals surface area contributed by atoms with Crippen LogP contribution in [0.5, 0.6) is 28.7 Å². The van der Waals surface area contributed by atoms with E-state index in [-0.39, 0.29) is 0 Å². The summed E-state index contributed by atoms with van der Waals surface area (Å²) in [5.41, 5.74) is 4.73. The Labute approximate surface area is 314 Å². The summed E-state index contributed by atoms with van der Waals surface area (Å²) in [5.74, 6) is 5.22. The van der Waals surface area contributed by atoms with Gasteiger partial charge in [0.25, 0.3) is 0 Å². The molecule has 0 fully saturated rings. The van der Waals surface area contributed by atoms with Crippen LogP contribution in [0.2, 0.25) is 0 Å². The zero-order valence-electron chi connectivity index (χ0n) is 29.6. The van der Waals surface area contributed by atoms with Crippen molar-refractivity contribution in [2.75, 3.05) is 6.61 Å². The first-order valence-corrected chi connectivity index (χ1v) is 17.9. The third-order valence-electron chi connectivity index (χ3n) is 9.53. The van der Waals surface area contributed by atoms with Crippen molar-refractivity contribution < 1.29 is 14.2 Å². The van der Waals surface area contributed by atoms with Crippen molar-refractivity contribution in [3.05, 3.63) is 159 Å². The van der Waals surface area contributed by atoms with Crippen molar-refractivity contribution >= 4 is 43.6 Å². The Kier molecular flexibility index (Phi) is 7.84. The van der Waals surface area contributed by atoms with E-state index in [2.05, 4.69) is 71.5 Å². The molecular weight excluding hydrogens is 687 g/mol. The van der Waals surface area contributed by atoms with Gasteiger partial charge in [-0.05, 0) is 73.7 Å². The van der Waals surface area contributed by atoms with Crippen LogP contribution in [0.4, 0.5) is 0 Å². The maximum Gasteiger partial charge on any atom is 0.162 e. The van der Waals surface area contributed by atoms with E-state index in [0.29, 0.717) is 41.0 Å². The summed E-state index contributed by atoms with van der Waals surface area (Å²) in [6.45, 7) is 2.53. The van der Waals surface area contributed by atoms with Gasteiger partial charge in [-0.1, -0.05) is 42.5 Å². The van der Waals surface area contributed by atoms with Gasteiger partial charge < -0.3 is 14.2 Å². The van der Waals surface area contributed by atoms with Crippen molar-refractivity contribution in [3.63, 3.8) is 0 Å². The summed E-state index contributed by atoms with van der Waals surface area (Å²) in [7, 11) is 0. The smallest absolute Gasteiger partial charge is 0.162 e. The number of hydrogen-bond acceptors (Lipinski definition) is 8. The first-order chi connectivity index (χ1) is 27.2. The van der Waals surface area contributed by atoms with Crippen molar-refractivity contribution in [1.29, 1.82) is 0 Å². The van der Waals surface area contributed by atoms with Crippen LogP contribution < -0.4 is 14.2 Å². The summed E-state index contributed by atoms with van der Waals surface area (Å²) in [4.78, 5) is 22.3. The van der Waals surface area contributed by atoms with E-state index in [9.17, 15) is 0 Å². The number of fused-ring (bicyclic) bond motifs is 6. The van der Waals surface area contributed by atoms with E-state index in [1.165, 1.54) is 12.7 Å². The monoisotopic (exact) mass is 717 g/mol. The molecule has 0 aliphatic carbocycles. The third-order valence-corrected chi connectivity index (χ3v) is 9.53. The lowest BCUT2D eigenvalue weighted by atomic mass is 10.1. The van der Waals surface area contributed by atoms with Crippen LogP contribution in [-0.4, -0.2) is 40.7 Å². The molecule has 55 heavy (non-hydrogen) atoms. The molecule has 10 heteroatoms. The minimum absolute atomic E-state index is 0.492. The van der Waals surface area contributed by atoms with Gasteiger partial charge in [0.2, 0.25) is 0 Å². The van der Waals surface area contributed by atoms with Crippen LogP contribution in [-0.2, 0) is 0 Å². The van der Waals surface area contributed by atoms with Gasteiger partial charge in [-0.3, -0.25) is 9.13 Å². The molecule has 0 aliphatic heterocycles. The summed E-state index contributed by atoms with van der Waals surface area (Å²) < 4.78 is 23.4. The van der Waals surface area contributed by atoms with E-state index in [0.717, 1.165) is 61.0 Å². The number of pyridine rings is 2. The normalized spacial score (nSPS) is 11.4. The van der Waals surface area contributed by atoms with Crippen LogP contribution >= 0.6 is 0 Å². The molecule has 264 valence electrons. The molecule has 0 amide bonds. The van der Waals surface area contributed by atoms with E-state index in [1.54, 1.807) is 12.4 Å². The summed E-state index contributed by atoms with van der Waals surface area (Å²) >= 11 is 0. The van der Waals surface area contributed by atoms with E-state index >= 15 is 0 Å². The average Bonchev–Trinajstić information content (AvgIpc) is 3.74. The standard InChI is InChI=1S/C45H31N7O3/c1-2-53-30-18-20-48-44(26-30)52-40-12-6-4-10-36(40)38-17-15-32(25-42(38)52)55-34-22-29(45-49-27-46-28-50-45)21-33(23-34)54-31-14-16-37-35-9-3-5-11-39(35)51(41(37)24-31)43-13-7-8-19-47-43/h3-28H,2H2,1H3. The molecule has 0 saturated carbocycles. The molecule has 10 rings (SSSR count). The van der Waals surface area contributed by atoms with Crippen molar-refractivity contribution in [3.8, 4) is 51.8 Å². The average molecular weight is 718 g/mol. The SMILES string of the molecule is CCOc1ccnc(-n2c3ccccc3c3ccc(Oc4cc(Oc5ccc6c7ccccc7n(-c7ccccn7)c6c5)cc(-c5ncncn5)c4)cc32)c1. The van der Waals surface area contributed by atoms with Crippen molar-refractivity contribution in [1.82, 2.24) is 34.1 Å². The van der Waals surface area contributed by atoms with Gasteiger partial charge in [0.15, 0.2) is 5.82 Å². The Morgan fingerprint density at radius 3 is 1.65 bits per heavy atom. The first kappa shape index (κ1) is 32.1. The molecule has 0 atom stereocenters. The topological polar surface area (TPSA) is 102 Å². The van der Waals surface area contributed by atoms with Crippen LogP contribution in [0.1, 0.15) is 6.92 Å². The number of benzene rings is 5. The minimum Gasteiger partial charge on any atom is -0.494 e. The summed E-state index contributed by atoms with van der Waals surface area (Å²) in [6.07, 6.45) is 6.52. The van der Waals surface area contributed by atoms with Crippen LogP contribution in [0.15, 0.2) is 159 Å². The van der Waals surface area contributed by atoms with Crippen LogP contribution in [0.3, 0.4) is 0 Å². The highest BCUT2D eigenvalue weighted by atomic mass is 16.5. The second-order valence-corrected chi connectivity index (χ2v) is 12.9. The minimum atomic E-state index is 0.492. The molecule has 10 aromatic rings. The van der Waals surface area contributed by atoms with Gasteiger partial charge in [-0.2, -0.15) is 0 Å². The third kappa shape index (κ3) is 5.82. The molecule has 0 radical (unpaired) electrons. The van der Waals surface area contributed by atoms with Crippen LogP contribution in [0, 0.1) is 0 Å². The zero-order chi connectivity index (χ0) is 36.7. The number of rotatable bonds is 9.